The van der Waals surface area contributed by atoms with Crippen molar-refractivity contribution < 1.29 is 24.2 Å². The third-order valence-electron chi connectivity index (χ3n) is 5.15. The van der Waals surface area contributed by atoms with Crippen LogP contribution in [-0.4, -0.2) is 52.7 Å². The average molecular weight is 465 g/mol. The molecule has 1 heterocycles. The number of carbonyl (C=O) groups is 2. The molecule has 34 heavy (non-hydrogen) atoms. The molecule has 0 aromatic heterocycles. The van der Waals surface area contributed by atoms with Gasteiger partial charge in [0.25, 0.3) is 11.4 Å². The van der Waals surface area contributed by atoms with Gasteiger partial charge in [0.1, 0.15) is 0 Å². The predicted molar refractivity (Wildman–Crippen MR) is 125 cm³/mol. The molecule has 10 nitrogen and oxygen atoms in total. The maximum atomic E-state index is 13.2. The first kappa shape index (κ1) is 24.5. The summed E-state index contributed by atoms with van der Waals surface area (Å²) in [5.74, 6) is -0.613. The second kappa shape index (κ2) is 11.1. The topological polar surface area (TPSA) is 133 Å². The lowest BCUT2D eigenvalue weighted by atomic mass is 9.94. The van der Waals surface area contributed by atoms with Gasteiger partial charge < -0.3 is 4.74 Å². The summed E-state index contributed by atoms with van der Waals surface area (Å²) in [7, 11) is 0. The summed E-state index contributed by atoms with van der Waals surface area (Å²) in [6.45, 7) is 2.82. The molecule has 0 saturated carbocycles. The van der Waals surface area contributed by atoms with Crippen LogP contribution < -0.4 is 0 Å². The first-order valence-corrected chi connectivity index (χ1v) is 10.6. The molecule has 0 spiro atoms. The van der Waals surface area contributed by atoms with Crippen molar-refractivity contribution in [2.45, 2.75) is 13.3 Å². The molecule has 1 fully saturated rings. The summed E-state index contributed by atoms with van der Waals surface area (Å²) in [5, 5.41) is 22.2. The fraction of sp³-hybridized carbons (Fsp3) is 0.250. The first-order valence-electron chi connectivity index (χ1n) is 10.6. The minimum Gasteiger partial charge on any atom is -0.466 e. The van der Waals surface area contributed by atoms with E-state index in [1.807, 2.05) is 4.90 Å². The lowest BCUT2D eigenvalue weighted by Crippen LogP contribution is -2.39. The number of ketones is 1. The molecule has 2 aromatic carbocycles. The zero-order chi connectivity index (χ0) is 24.7. The Morgan fingerprint density at radius 1 is 0.971 bits per heavy atom. The summed E-state index contributed by atoms with van der Waals surface area (Å²) in [6, 6.07) is 11.9. The van der Waals surface area contributed by atoms with Crippen molar-refractivity contribution in [1.29, 1.82) is 0 Å². The quantitative estimate of drug-likeness (QED) is 0.249. The maximum Gasteiger partial charge on any atom is 0.307 e. The normalized spacial score (nSPS) is 16.6. The number of rotatable bonds is 8. The lowest BCUT2D eigenvalue weighted by molar-refractivity contribution is -0.385. The van der Waals surface area contributed by atoms with Crippen LogP contribution in [0.5, 0.6) is 0 Å². The number of Topliss-reactive ketones (excluding diaryl/α,β-unsaturated/α-hetero) is 1. The van der Waals surface area contributed by atoms with Crippen molar-refractivity contribution in [3.63, 3.8) is 0 Å². The molecule has 2 aromatic rings. The molecule has 1 saturated heterocycles. The Labute approximate surface area is 195 Å². The Bertz CT molecular complexity index is 1110. The van der Waals surface area contributed by atoms with Gasteiger partial charge in [-0.1, -0.05) is 24.3 Å². The van der Waals surface area contributed by atoms with E-state index in [1.54, 1.807) is 31.2 Å². The maximum absolute atomic E-state index is 13.2. The van der Waals surface area contributed by atoms with Crippen LogP contribution in [0.4, 0.5) is 11.4 Å². The fourth-order valence-corrected chi connectivity index (χ4v) is 3.61. The number of nitrogens with zero attached hydrogens (tertiary/aromatic N) is 3. The van der Waals surface area contributed by atoms with E-state index in [4.69, 9.17) is 4.74 Å². The van der Waals surface area contributed by atoms with E-state index in [2.05, 4.69) is 0 Å². The number of nitro groups is 2. The van der Waals surface area contributed by atoms with Gasteiger partial charge in [-0.15, -0.1) is 0 Å². The van der Waals surface area contributed by atoms with Crippen molar-refractivity contribution in [3.05, 3.63) is 91.0 Å². The summed E-state index contributed by atoms with van der Waals surface area (Å²) < 4.78 is 4.98. The Balaban J connectivity index is 1.95. The van der Waals surface area contributed by atoms with Crippen molar-refractivity contribution >= 4 is 35.3 Å². The van der Waals surface area contributed by atoms with Crippen LogP contribution in [0.25, 0.3) is 12.2 Å². The molecular weight excluding hydrogens is 442 g/mol. The standard InChI is InChI=1S/C24H23N3O7/c1-2-34-23(28)9-10-25-15-19(11-17-5-3-7-21(13-17)26(30)31)24(29)20(16-25)12-18-6-4-8-22(14-18)27(32)33/h3-8,11-14H,2,9-10,15-16H2,1H3. The molecule has 1 aliphatic heterocycles. The molecule has 176 valence electrons. The number of likely N-dealkylation sites (tertiary alicyclic amines) is 1. The van der Waals surface area contributed by atoms with Crippen LogP contribution in [0, 0.1) is 20.2 Å². The Hall–Kier alpha value is -4.18. The lowest BCUT2D eigenvalue weighted by Gasteiger charge is -2.29. The number of hydrogen-bond acceptors (Lipinski definition) is 8. The van der Waals surface area contributed by atoms with Gasteiger partial charge in [0, 0.05) is 55.0 Å². The van der Waals surface area contributed by atoms with E-state index < -0.39 is 9.85 Å². The Morgan fingerprint density at radius 2 is 1.47 bits per heavy atom. The summed E-state index contributed by atoms with van der Waals surface area (Å²) >= 11 is 0. The Kier molecular flexibility index (Phi) is 7.99. The largest absolute Gasteiger partial charge is 0.466 e. The minimum atomic E-state index is -0.510. The number of piperidine rings is 1. The molecule has 0 radical (unpaired) electrons. The van der Waals surface area contributed by atoms with Gasteiger partial charge in [0.15, 0.2) is 5.78 Å². The highest BCUT2D eigenvalue weighted by atomic mass is 16.6. The second-order valence-electron chi connectivity index (χ2n) is 7.64. The number of nitro benzene ring substituents is 2. The van der Waals surface area contributed by atoms with Gasteiger partial charge in [-0.25, -0.2) is 0 Å². The number of esters is 1. The van der Waals surface area contributed by atoms with Crippen molar-refractivity contribution in [3.8, 4) is 0 Å². The van der Waals surface area contributed by atoms with Crippen LogP contribution in [0.1, 0.15) is 24.5 Å². The monoisotopic (exact) mass is 465 g/mol. The SMILES string of the molecule is CCOC(=O)CCN1CC(=Cc2cccc([N+](=O)[O-])c2)C(=O)C(=Cc2cccc([N+](=O)[O-])c2)C1. The van der Waals surface area contributed by atoms with E-state index >= 15 is 0 Å². The molecule has 1 aliphatic rings. The molecule has 0 bridgehead atoms. The van der Waals surface area contributed by atoms with Crippen LogP contribution in [0.2, 0.25) is 0 Å². The third-order valence-corrected chi connectivity index (χ3v) is 5.15. The van der Waals surface area contributed by atoms with E-state index in [1.165, 1.54) is 36.4 Å². The molecule has 0 aliphatic carbocycles. The molecule has 0 N–H and O–H groups in total. The number of non-ortho nitro benzene ring substituents is 2. The highest BCUT2D eigenvalue weighted by Gasteiger charge is 2.27. The van der Waals surface area contributed by atoms with E-state index in [-0.39, 0.29) is 49.2 Å². The summed E-state index contributed by atoms with van der Waals surface area (Å²) in [5.41, 5.74) is 1.60. The smallest absolute Gasteiger partial charge is 0.307 e. The highest BCUT2D eigenvalue weighted by molar-refractivity contribution is 6.14. The molecule has 3 rings (SSSR count). The molecule has 0 unspecified atom stereocenters. The molecule has 0 amide bonds. The number of benzene rings is 2. The number of carbonyl (C=O) groups excluding carboxylic acids is 2. The van der Waals surface area contributed by atoms with Crippen LogP contribution in [0.3, 0.4) is 0 Å². The van der Waals surface area contributed by atoms with Crippen molar-refractivity contribution in [2.24, 2.45) is 0 Å². The van der Waals surface area contributed by atoms with Crippen LogP contribution >= 0.6 is 0 Å². The van der Waals surface area contributed by atoms with Gasteiger partial charge in [-0.2, -0.15) is 0 Å². The van der Waals surface area contributed by atoms with Crippen LogP contribution in [0.15, 0.2) is 59.7 Å². The minimum absolute atomic E-state index is 0.0934. The highest BCUT2D eigenvalue weighted by Crippen LogP contribution is 2.24. The second-order valence-corrected chi connectivity index (χ2v) is 7.64. The molecule has 10 heteroatoms. The summed E-state index contributed by atoms with van der Waals surface area (Å²) in [6.07, 6.45) is 3.32. The predicted octanol–water partition coefficient (Wildman–Crippen LogP) is 3.81. The third kappa shape index (κ3) is 6.42. The van der Waals surface area contributed by atoms with E-state index in [9.17, 15) is 29.8 Å². The average Bonchev–Trinajstić information content (AvgIpc) is 2.81. The van der Waals surface area contributed by atoms with Gasteiger partial charge in [-0.3, -0.25) is 34.7 Å². The van der Waals surface area contributed by atoms with Crippen molar-refractivity contribution in [2.75, 3.05) is 26.2 Å². The fourth-order valence-electron chi connectivity index (χ4n) is 3.61. The summed E-state index contributed by atoms with van der Waals surface area (Å²) in [4.78, 5) is 48.1. The van der Waals surface area contributed by atoms with Gasteiger partial charge in [0.05, 0.1) is 22.9 Å². The van der Waals surface area contributed by atoms with Crippen LogP contribution in [-0.2, 0) is 14.3 Å². The Morgan fingerprint density at radius 3 is 1.91 bits per heavy atom. The van der Waals surface area contributed by atoms with Gasteiger partial charge >= 0.3 is 5.97 Å². The first-order chi connectivity index (χ1) is 16.3. The number of hydrogen-bond donors (Lipinski definition) is 0. The van der Waals surface area contributed by atoms with Crippen molar-refractivity contribution in [1.82, 2.24) is 4.90 Å². The molecule has 0 atom stereocenters. The zero-order valence-electron chi connectivity index (χ0n) is 18.5. The van der Waals surface area contributed by atoms with E-state index in [0.29, 0.717) is 28.8 Å². The van der Waals surface area contributed by atoms with Gasteiger partial charge in [-0.05, 0) is 30.2 Å². The van der Waals surface area contributed by atoms with E-state index in [0.717, 1.165) is 0 Å². The molecular formula is C24H23N3O7. The van der Waals surface area contributed by atoms with Gasteiger partial charge in [0.2, 0.25) is 0 Å². The zero-order valence-corrected chi connectivity index (χ0v) is 18.5. The number of ether oxygens (including phenoxy) is 1.